The van der Waals surface area contributed by atoms with Crippen molar-refractivity contribution in [3.05, 3.63) is 11.8 Å². The Morgan fingerprint density at radius 1 is 1.30 bits per heavy atom. The minimum Gasteiger partial charge on any atom is -0.478 e. The zero-order valence-corrected chi connectivity index (χ0v) is 12.9. The molecule has 1 aromatic heterocycles. The summed E-state index contributed by atoms with van der Waals surface area (Å²) in [5.41, 5.74) is 0.960. The number of aromatic nitrogens is 2. The van der Waals surface area contributed by atoms with Gasteiger partial charge in [-0.15, -0.1) is 0 Å². The summed E-state index contributed by atoms with van der Waals surface area (Å²) in [6.45, 7) is 11.0. The monoisotopic (exact) mass is 278 g/mol. The van der Waals surface area contributed by atoms with Crippen LogP contribution < -0.4 is 15.0 Å². The Balaban J connectivity index is 2.09. The number of hydrogen-bond acceptors (Lipinski definition) is 5. The number of anilines is 1. The summed E-state index contributed by atoms with van der Waals surface area (Å²) < 4.78 is 5.52. The van der Waals surface area contributed by atoms with Crippen LogP contribution in [-0.2, 0) is 0 Å². The first-order valence-corrected chi connectivity index (χ1v) is 7.67. The predicted octanol–water partition coefficient (Wildman–Crippen LogP) is 2.01. The van der Waals surface area contributed by atoms with E-state index in [4.69, 9.17) is 4.74 Å². The summed E-state index contributed by atoms with van der Waals surface area (Å²) in [7, 11) is 0. The van der Waals surface area contributed by atoms with Gasteiger partial charge in [0, 0.05) is 24.8 Å². The fraction of sp³-hybridized carbons (Fsp3) is 0.733. The molecule has 20 heavy (non-hydrogen) atoms. The lowest BCUT2D eigenvalue weighted by Crippen LogP contribution is -2.37. The van der Waals surface area contributed by atoms with Crippen LogP contribution in [0.2, 0.25) is 0 Å². The molecule has 2 heterocycles. The first-order valence-electron chi connectivity index (χ1n) is 7.67. The average molecular weight is 278 g/mol. The molecule has 1 aliphatic heterocycles. The van der Waals surface area contributed by atoms with Crippen LogP contribution in [0.4, 0.5) is 5.95 Å². The molecule has 1 fully saturated rings. The van der Waals surface area contributed by atoms with Gasteiger partial charge >= 0.3 is 0 Å². The highest BCUT2D eigenvalue weighted by Gasteiger charge is 2.18. The molecule has 0 unspecified atom stereocenters. The van der Waals surface area contributed by atoms with Gasteiger partial charge in [-0.05, 0) is 52.6 Å². The van der Waals surface area contributed by atoms with Gasteiger partial charge in [-0.2, -0.15) is 4.98 Å². The summed E-state index contributed by atoms with van der Waals surface area (Å²) in [6.07, 6.45) is 2.47. The molecule has 5 nitrogen and oxygen atoms in total. The number of aryl methyl sites for hydroxylation is 1. The van der Waals surface area contributed by atoms with Crippen molar-refractivity contribution in [3.8, 4) is 5.88 Å². The fourth-order valence-corrected chi connectivity index (χ4v) is 2.62. The van der Waals surface area contributed by atoms with E-state index in [1.807, 2.05) is 19.9 Å². The Kier molecular flexibility index (Phi) is 5.59. The van der Waals surface area contributed by atoms with Crippen molar-refractivity contribution in [1.29, 1.82) is 0 Å². The Bertz CT molecular complexity index is 418. The average Bonchev–Trinajstić information content (AvgIpc) is 2.45. The third-order valence-electron chi connectivity index (χ3n) is 3.71. The van der Waals surface area contributed by atoms with Gasteiger partial charge in [-0.1, -0.05) is 0 Å². The lowest BCUT2D eigenvalue weighted by atomic mass is 9.98. The van der Waals surface area contributed by atoms with E-state index in [1.165, 1.54) is 12.8 Å². The Labute approximate surface area is 121 Å². The third-order valence-corrected chi connectivity index (χ3v) is 3.71. The van der Waals surface area contributed by atoms with E-state index in [1.54, 1.807) is 0 Å². The molecule has 0 radical (unpaired) electrons. The molecule has 0 aromatic carbocycles. The van der Waals surface area contributed by atoms with Crippen LogP contribution in [0.1, 0.15) is 32.4 Å². The SMILES string of the molecule is CCOc1cc(C)nc(N(CC)CC2CCNCC2)n1. The molecular weight excluding hydrogens is 252 g/mol. The van der Waals surface area contributed by atoms with Crippen molar-refractivity contribution < 1.29 is 4.74 Å². The van der Waals surface area contributed by atoms with Gasteiger partial charge in [-0.25, -0.2) is 4.98 Å². The molecule has 5 heteroatoms. The van der Waals surface area contributed by atoms with E-state index in [-0.39, 0.29) is 0 Å². The molecule has 0 spiro atoms. The van der Waals surface area contributed by atoms with Gasteiger partial charge in [0.05, 0.1) is 6.61 Å². The van der Waals surface area contributed by atoms with Crippen molar-refractivity contribution in [2.45, 2.75) is 33.6 Å². The van der Waals surface area contributed by atoms with Crippen LogP contribution in [0.3, 0.4) is 0 Å². The second-order valence-electron chi connectivity index (χ2n) is 5.31. The van der Waals surface area contributed by atoms with E-state index in [9.17, 15) is 0 Å². The first kappa shape index (κ1) is 15.0. The minimum atomic E-state index is 0.635. The Hall–Kier alpha value is -1.36. The summed E-state index contributed by atoms with van der Waals surface area (Å²) in [5.74, 6) is 2.21. The molecule has 0 amide bonds. The van der Waals surface area contributed by atoms with Gasteiger partial charge in [0.25, 0.3) is 0 Å². The molecule has 1 saturated heterocycles. The van der Waals surface area contributed by atoms with E-state index >= 15 is 0 Å². The molecule has 1 aliphatic rings. The van der Waals surface area contributed by atoms with Crippen molar-refractivity contribution in [1.82, 2.24) is 15.3 Å². The zero-order chi connectivity index (χ0) is 14.4. The number of rotatable bonds is 6. The topological polar surface area (TPSA) is 50.3 Å². The number of nitrogens with zero attached hydrogens (tertiary/aromatic N) is 3. The second kappa shape index (κ2) is 7.43. The standard InChI is InChI=1S/C15H26N4O/c1-4-19(11-13-6-8-16-9-7-13)15-17-12(3)10-14(18-15)20-5-2/h10,13,16H,4-9,11H2,1-3H3. The highest BCUT2D eigenvalue weighted by atomic mass is 16.5. The van der Waals surface area contributed by atoms with Gasteiger partial charge in [0.15, 0.2) is 0 Å². The summed E-state index contributed by atoms with van der Waals surface area (Å²) in [6, 6.07) is 1.89. The highest BCUT2D eigenvalue weighted by molar-refractivity contribution is 5.34. The Morgan fingerprint density at radius 2 is 2.05 bits per heavy atom. The molecule has 0 bridgehead atoms. The van der Waals surface area contributed by atoms with Crippen LogP contribution in [0, 0.1) is 12.8 Å². The predicted molar refractivity (Wildman–Crippen MR) is 81.4 cm³/mol. The lowest BCUT2D eigenvalue weighted by Gasteiger charge is -2.29. The van der Waals surface area contributed by atoms with Crippen molar-refractivity contribution >= 4 is 5.95 Å². The van der Waals surface area contributed by atoms with E-state index < -0.39 is 0 Å². The smallest absolute Gasteiger partial charge is 0.228 e. The van der Waals surface area contributed by atoms with Gasteiger partial charge in [0.1, 0.15) is 0 Å². The number of piperidine rings is 1. The minimum absolute atomic E-state index is 0.635. The van der Waals surface area contributed by atoms with E-state index in [0.717, 1.165) is 43.7 Å². The zero-order valence-electron chi connectivity index (χ0n) is 12.9. The van der Waals surface area contributed by atoms with Gasteiger partial charge in [0.2, 0.25) is 11.8 Å². The molecule has 0 aliphatic carbocycles. The molecule has 1 N–H and O–H groups in total. The second-order valence-corrected chi connectivity index (χ2v) is 5.31. The number of hydrogen-bond donors (Lipinski definition) is 1. The van der Waals surface area contributed by atoms with Crippen LogP contribution >= 0.6 is 0 Å². The van der Waals surface area contributed by atoms with Crippen LogP contribution in [0.5, 0.6) is 5.88 Å². The number of nitrogens with one attached hydrogen (secondary N) is 1. The largest absolute Gasteiger partial charge is 0.478 e. The normalized spacial score (nSPS) is 16.1. The molecule has 0 saturated carbocycles. The van der Waals surface area contributed by atoms with E-state index in [2.05, 4.69) is 27.1 Å². The summed E-state index contributed by atoms with van der Waals surface area (Å²) >= 11 is 0. The quantitative estimate of drug-likeness (QED) is 0.862. The van der Waals surface area contributed by atoms with E-state index in [0.29, 0.717) is 12.5 Å². The van der Waals surface area contributed by atoms with Crippen molar-refractivity contribution in [2.75, 3.05) is 37.7 Å². The molecule has 112 valence electrons. The summed E-state index contributed by atoms with van der Waals surface area (Å²) in [5, 5.41) is 3.41. The van der Waals surface area contributed by atoms with Gasteiger partial charge < -0.3 is 15.0 Å². The molecule has 1 aromatic rings. The maximum absolute atomic E-state index is 5.52. The molecular formula is C15H26N4O. The van der Waals surface area contributed by atoms with Crippen molar-refractivity contribution in [3.63, 3.8) is 0 Å². The molecule has 0 atom stereocenters. The van der Waals surface area contributed by atoms with Gasteiger partial charge in [-0.3, -0.25) is 0 Å². The van der Waals surface area contributed by atoms with Crippen LogP contribution in [-0.4, -0.2) is 42.8 Å². The lowest BCUT2D eigenvalue weighted by molar-refractivity contribution is 0.325. The van der Waals surface area contributed by atoms with Crippen LogP contribution in [0.25, 0.3) is 0 Å². The maximum Gasteiger partial charge on any atom is 0.228 e. The third kappa shape index (κ3) is 4.07. The highest BCUT2D eigenvalue weighted by Crippen LogP contribution is 2.19. The Morgan fingerprint density at radius 3 is 2.70 bits per heavy atom. The fourth-order valence-electron chi connectivity index (χ4n) is 2.62. The summed E-state index contributed by atoms with van der Waals surface area (Å²) in [4.78, 5) is 11.4. The maximum atomic E-state index is 5.52. The number of ether oxygens (including phenoxy) is 1. The van der Waals surface area contributed by atoms with Crippen LogP contribution in [0.15, 0.2) is 6.07 Å². The molecule has 2 rings (SSSR count). The van der Waals surface area contributed by atoms with Crippen molar-refractivity contribution in [2.24, 2.45) is 5.92 Å². The first-order chi connectivity index (χ1) is 9.72.